The first-order chi connectivity index (χ1) is 7.49. The van der Waals surface area contributed by atoms with Crippen molar-refractivity contribution in [1.29, 1.82) is 0 Å². The van der Waals surface area contributed by atoms with Crippen molar-refractivity contribution in [3.8, 4) is 0 Å². The molecule has 0 heterocycles. The van der Waals surface area contributed by atoms with Crippen molar-refractivity contribution in [2.75, 3.05) is 0 Å². The van der Waals surface area contributed by atoms with Gasteiger partial charge in [-0.3, -0.25) is 9.59 Å². The van der Waals surface area contributed by atoms with Gasteiger partial charge < -0.3 is 10.2 Å². The molecule has 5 heteroatoms. The first kappa shape index (κ1) is 12.5. The van der Waals surface area contributed by atoms with Crippen LogP contribution in [0, 0.1) is 0 Å². The summed E-state index contributed by atoms with van der Waals surface area (Å²) >= 11 is 5.75. The van der Waals surface area contributed by atoms with Gasteiger partial charge in [0.25, 0.3) is 0 Å². The molecule has 0 saturated carbocycles. The maximum Gasteiger partial charge on any atom is 0.307 e. The normalized spacial score (nSPS) is 10.1. The Balaban J connectivity index is 2.88. The summed E-state index contributed by atoms with van der Waals surface area (Å²) in [6.07, 6.45) is 0.152. The standard InChI is InChI=1S/C11H11ClO4/c12-9-3-1-7(2-4-10(13)14)8(5-9)6-11(15)16/h1,3,5H,2,4,6H2,(H,13,14)(H,15,16). The quantitative estimate of drug-likeness (QED) is 0.828. The van der Waals surface area contributed by atoms with Crippen LogP contribution in [0.5, 0.6) is 0 Å². The van der Waals surface area contributed by atoms with E-state index < -0.39 is 11.9 Å². The van der Waals surface area contributed by atoms with Crippen molar-refractivity contribution < 1.29 is 19.8 Å². The molecule has 0 spiro atoms. The molecule has 0 aliphatic rings. The summed E-state index contributed by atoms with van der Waals surface area (Å²) in [7, 11) is 0. The molecular weight excluding hydrogens is 232 g/mol. The van der Waals surface area contributed by atoms with Crippen LogP contribution in [0.3, 0.4) is 0 Å². The van der Waals surface area contributed by atoms with E-state index in [1.54, 1.807) is 18.2 Å². The summed E-state index contributed by atoms with van der Waals surface area (Å²) in [6.45, 7) is 0. The molecule has 0 aliphatic heterocycles. The molecule has 1 aromatic carbocycles. The van der Waals surface area contributed by atoms with E-state index >= 15 is 0 Å². The molecule has 4 nitrogen and oxygen atoms in total. The van der Waals surface area contributed by atoms with Gasteiger partial charge in [-0.1, -0.05) is 17.7 Å². The topological polar surface area (TPSA) is 74.6 Å². The van der Waals surface area contributed by atoms with Gasteiger partial charge in [-0.05, 0) is 29.7 Å². The van der Waals surface area contributed by atoms with Gasteiger partial charge in [0.2, 0.25) is 0 Å². The molecule has 0 atom stereocenters. The highest BCUT2D eigenvalue weighted by Crippen LogP contribution is 2.18. The van der Waals surface area contributed by atoms with Gasteiger partial charge in [-0.25, -0.2) is 0 Å². The Bertz CT molecular complexity index is 414. The molecule has 0 unspecified atom stereocenters. The lowest BCUT2D eigenvalue weighted by Gasteiger charge is -2.07. The lowest BCUT2D eigenvalue weighted by Crippen LogP contribution is -2.05. The van der Waals surface area contributed by atoms with Crippen molar-refractivity contribution in [3.05, 3.63) is 34.3 Å². The van der Waals surface area contributed by atoms with Gasteiger partial charge in [0.1, 0.15) is 0 Å². The molecule has 0 radical (unpaired) electrons. The minimum Gasteiger partial charge on any atom is -0.481 e. The van der Waals surface area contributed by atoms with E-state index in [4.69, 9.17) is 21.8 Å². The van der Waals surface area contributed by atoms with Crippen LogP contribution in [-0.4, -0.2) is 22.2 Å². The second-order valence-electron chi connectivity index (χ2n) is 3.38. The van der Waals surface area contributed by atoms with Crippen LogP contribution in [0.15, 0.2) is 18.2 Å². The maximum atomic E-state index is 10.6. The molecule has 0 fully saturated rings. The average Bonchev–Trinajstić information content (AvgIpc) is 2.15. The molecule has 0 aromatic heterocycles. The van der Waals surface area contributed by atoms with E-state index in [0.29, 0.717) is 22.6 Å². The Morgan fingerprint density at radius 2 is 1.81 bits per heavy atom. The average molecular weight is 243 g/mol. The first-order valence-electron chi connectivity index (χ1n) is 4.70. The number of aliphatic carboxylic acids is 2. The van der Waals surface area contributed by atoms with Gasteiger partial charge in [-0.15, -0.1) is 0 Å². The fraction of sp³-hybridized carbons (Fsp3) is 0.273. The summed E-state index contributed by atoms with van der Waals surface area (Å²) in [5.41, 5.74) is 1.29. The Morgan fingerprint density at radius 3 is 2.38 bits per heavy atom. The van der Waals surface area contributed by atoms with Crippen LogP contribution in [0.2, 0.25) is 5.02 Å². The van der Waals surface area contributed by atoms with Crippen LogP contribution in [0.4, 0.5) is 0 Å². The number of hydrogen-bond donors (Lipinski definition) is 2. The summed E-state index contributed by atoms with van der Waals surface area (Å²) in [4.78, 5) is 21.0. The third-order valence-corrected chi connectivity index (χ3v) is 2.35. The highest BCUT2D eigenvalue weighted by atomic mass is 35.5. The zero-order valence-electron chi connectivity index (χ0n) is 8.44. The van der Waals surface area contributed by atoms with Crippen LogP contribution >= 0.6 is 11.6 Å². The smallest absolute Gasteiger partial charge is 0.307 e. The zero-order valence-corrected chi connectivity index (χ0v) is 9.20. The molecule has 0 amide bonds. The van der Waals surface area contributed by atoms with Gasteiger partial charge in [0, 0.05) is 11.4 Å². The van der Waals surface area contributed by atoms with Crippen molar-refractivity contribution in [1.82, 2.24) is 0 Å². The summed E-state index contributed by atoms with van der Waals surface area (Å²) in [6, 6.07) is 4.86. The fourth-order valence-electron chi connectivity index (χ4n) is 1.41. The largest absolute Gasteiger partial charge is 0.481 e. The molecule has 0 bridgehead atoms. The molecule has 1 aromatic rings. The minimum absolute atomic E-state index is 0.0196. The van der Waals surface area contributed by atoms with Crippen molar-refractivity contribution in [3.63, 3.8) is 0 Å². The lowest BCUT2D eigenvalue weighted by atomic mass is 10.0. The van der Waals surface area contributed by atoms with Crippen LogP contribution in [0.1, 0.15) is 17.5 Å². The Morgan fingerprint density at radius 1 is 1.12 bits per heavy atom. The Hall–Kier alpha value is -1.55. The predicted octanol–water partition coefficient (Wildman–Crippen LogP) is 1.98. The summed E-state index contributed by atoms with van der Waals surface area (Å²) < 4.78 is 0. The third kappa shape index (κ3) is 3.90. The fourth-order valence-corrected chi connectivity index (χ4v) is 1.60. The van der Waals surface area contributed by atoms with Gasteiger partial charge in [0.05, 0.1) is 6.42 Å². The minimum atomic E-state index is -0.959. The van der Waals surface area contributed by atoms with E-state index in [1.807, 2.05) is 0 Å². The lowest BCUT2D eigenvalue weighted by molar-refractivity contribution is -0.137. The van der Waals surface area contributed by atoms with Crippen molar-refractivity contribution >= 4 is 23.5 Å². The van der Waals surface area contributed by atoms with E-state index in [1.165, 1.54) is 0 Å². The predicted molar refractivity (Wildman–Crippen MR) is 58.7 cm³/mol. The Kier molecular flexibility index (Phi) is 4.31. The zero-order chi connectivity index (χ0) is 12.1. The number of benzene rings is 1. The second-order valence-corrected chi connectivity index (χ2v) is 3.81. The van der Waals surface area contributed by atoms with Crippen LogP contribution < -0.4 is 0 Å². The van der Waals surface area contributed by atoms with Gasteiger partial charge >= 0.3 is 11.9 Å². The van der Waals surface area contributed by atoms with Gasteiger partial charge in [-0.2, -0.15) is 0 Å². The number of carboxylic acid groups (broad SMARTS) is 2. The number of rotatable bonds is 5. The van der Waals surface area contributed by atoms with Crippen molar-refractivity contribution in [2.45, 2.75) is 19.3 Å². The maximum absolute atomic E-state index is 10.6. The number of hydrogen-bond acceptors (Lipinski definition) is 2. The molecular formula is C11H11ClO4. The molecule has 0 aliphatic carbocycles. The molecule has 1 rings (SSSR count). The SMILES string of the molecule is O=C(O)CCc1ccc(Cl)cc1CC(=O)O. The Labute approximate surface area is 97.5 Å². The second kappa shape index (κ2) is 5.51. The number of aryl methyl sites for hydroxylation is 1. The monoisotopic (exact) mass is 242 g/mol. The molecule has 86 valence electrons. The first-order valence-corrected chi connectivity index (χ1v) is 5.07. The third-order valence-electron chi connectivity index (χ3n) is 2.12. The van der Waals surface area contributed by atoms with E-state index in [-0.39, 0.29) is 12.8 Å². The molecule has 2 N–H and O–H groups in total. The van der Waals surface area contributed by atoms with Crippen LogP contribution in [0.25, 0.3) is 0 Å². The molecule has 0 saturated heterocycles. The van der Waals surface area contributed by atoms with E-state index in [2.05, 4.69) is 0 Å². The highest BCUT2D eigenvalue weighted by Gasteiger charge is 2.09. The number of carboxylic acids is 2. The van der Waals surface area contributed by atoms with Crippen molar-refractivity contribution in [2.24, 2.45) is 0 Å². The van der Waals surface area contributed by atoms with E-state index in [9.17, 15) is 9.59 Å². The van der Waals surface area contributed by atoms with Crippen LogP contribution in [-0.2, 0) is 22.4 Å². The summed E-state index contributed by atoms with van der Waals surface area (Å²) in [5.74, 6) is -1.87. The molecule has 16 heavy (non-hydrogen) atoms. The highest BCUT2D eigenvalue weighted by molar-refractivity contribution is 6.30. The summed E-state index contributed by atoms with van der Waals surface area (Å²) in [5, 5.41) is 17.7. The number of halogens is 1. The van der Waals surface area contributed by atoms with E-state index in [0.717, 1.165) is 0 Å². The number of carbonyl (C=O) groups is 2. The van der Waals surface area contributed by atoms with Gasteiger partial charge in [0.15, 0.2) is 0 Å².